The maximum absolute atomic E-state index is 11.9. The summed E-state index contributed by atoms with van der Waals surface area (Å²) < 4.78 is 5.38. The van der Waals surface area contributed by atoms with Crippen LogP contribution in [0.2, 0.25) is 0 Å². The van der Waals surface area contributed by atoms with Gasteiger partial charge in [-0.3, -0.25) is 4.79 Å². The fourth-order valence-electron chi connectivity index (χ4n) is 2.73. The lowest BCUT2D eigenvalue weighted by Gasteiger charge is -2.19. The fraction of sp³-hybridized carbons (Fsp3) is 0.333. The number of benzene rings is 1. The molecule has 2 unspecified atom stereocenters. The minimum atomic E-state index is -0.375. The van der Waals surface area contributed by atoms with E-state index in [0.717, 1.165) is 19.3 Å². The number of carbonyl (C=O) groups is 2. The smallest absolute Gasteiger partial charge is 0.343 e. The molecule has 2 aliphatic carbocycles. The lowest BCUT2D eigenvalue weighted by molar-refractivity contribution is -0.118. The second kappa shape index (κ2) is 4.41. The van der Waals surface area contributed by atoms with Crippen LogP contribution in [0.4, 0.5) is 0 Å². The number of hydrogen-bond acceptors (Lipinski definition) is 3. The highest BCUT2D eigenvalue weighted by Crippen LogP contribution is 2.40. The van der Waals surface area contributed by atoms with E-state index in [-0.39, 0.29) is 23.6 Å². The Morgan fingerprint density at radius 2 is 1.83 bits per heavy atom. The quantitative estimate of drug-likeness (QED) is 0.749. The highest BCUT2D eigenvalue weighted by atomic mass is 16.5. The lowest BCUT2D eigenvalue weighted by Crippen LogP contribution is -2.19. The first-order valence-corrected chi connectivity index (χ1v) is 6.26. The normalized spacial score (nSPS) is 25.8. The summed E-state index contributed by atoms with van der Waals surface area (Å²) in [5.41, 5.74) is 0.519. The van der Waals surface area contributed by atoms with Crippen molar-refractivity contribution in [3.05, 3.63) is 47.7 Å². The number of ketones is 1. The van der Waals surface area contributed by atoms with Crippen molar-refractivity contribution >= 4 is 11.8 Å². The second-order valence-electron chi connectivity index (χ2n) is 4.91. The first-order valence-electron chi connectivity index (χ1n) is 6.26. The lowest BCUT2D eigenvalue weighted by atomic mass is 9.93. The molecule has 0 N–H and O–H groups in total. The van der Waals surface area contributed by atoms with E-state index in [0.29, 0.717) is 11.3 Å². The predicted molar refractivity (Wildman–Crippen MR) is 65.8 cm³/mol. The molecule has 0 aromatic heterocycles. The maximum Gasteiger partial charge on any atom is 0.343 e. The van der Waals surface area contributed by atoms with E-state index in [1.165, 1.54) is 6.08 Å². The van der Waals surface area contributed by atoms with Crippen LogP contribution in [0.25, 0.3) is 0 Å². The summed E-state index contributed by atoms with van der Waals surface area (Å²) in [5, 5.41) is 0. The van der Waals surface area contributed by atoms with Crippen molar-refractivity contribution in [2.75, 3.05) is 0 Å². The first kappa shape index (κ1) is 11.2. The van der Waals surface area contributed by atoms with E-state index in [4.69, 9.17) is 4.74 Å². The molecule has 3 rings (SSSR count). The molecule has 0 saturated heterocycles. The van der Waals surface area contributed by atoms with Crippen molar-refractivity contribution in [1.82, 2.24) is 0 Å². The van der Waals surface area contributed by atoms with Gasteiger partial charge in [-0.1, -0.05) is 18.2 Å². The highest BCUT2D eigenvalue weighted by Gasteiger charge is 2.37. The van der Waals surface area contributed by atoms with Crippen molar-refractivity contribution in [3.63, 3.8) is 0 Å². The fourth-order valence-corrected chi connectivity index (χ4v) is 2.73. The summed E-state index contributed by atoms with van der Waals surface area (Å²) in [6.07, 6.45) is 4.23. The van der Waals surface area contributed by atoms with E-state index in [1.54, 1.807) is 24.3 Å². The number of rotatable bonds is 2. The standard InChI is InChI=1S/C15H14O3/c16-13-9-14(12-7-6-11(13)8-12)18-15(17)10-4-2-1-3-5-10/h1-5,9,11-12H,6-8H2. The molecular formula is C15H14O3. The van der Waals surface area contributed by atoms with Crippen molar-refractivity contribution in [1.29, 1.82) is 0 Å². The molecule has 18 heavy (non-hydrogen) atoms. The van der Waals surface area contributed by atoms with Crippen LogP contribution in [-0.4, -0.2) is 11.8 Å². The van der Waals surface area contributed by atoms with Gasteiger partial charge in [-0.15, -0.1) is 0 Å². The van der Waals surface area contributed by atoms with Gasteiger partial charge in [0.15, 0.2) is 5.78 Å². The number of fused-ring (bicyclic) bond motifs is 2. The monoisotopic (exact) mass is 242 g/mol. The van der Waals surface area contributed by atoms with Gasteiger partial charge >= 0.3 is 5.97 Å². The Hall–Kier alpha value is -1.90. The Morgan fingerprint density at radius 1 is 1.11 bits per heavy atom. The molecule has 1 aromatic carbocycles. The molecule has 2 aliphatic rings. The van der Waals surface area contributed by atoms with Crippen molar-refractivity contribution in [2.24, 2.45) is 11.8 Å². The van der Waals surface area contributed by atoms with Crippen LogP contribution in [-0.2, 0) is 9.53 Å². The maximum atomic E-state index is 11.9. The summed E-state index contributed by atoms with van der Waals surface area (Å²) in [5.74, 6) is 0.705. The van der Waals surface area contributed by atoms with Crippen LogP contribution in [0.5, 0.6) is 0 Å². The molecule has 3 heteroatoms. The number of ether oxygens (including phenoxy) is 1. The van der Waals surface area contributed by atoms with Crippen LogP contribution in [0.1, 0.15) is 29.6 Å². The van der Waals surface area contributed by atoms with Gasteiger partial charge in [-0.25, -0.2) is 4.79 Å². The molecule has 0 radical (unpaired) electrons. The molecule has 3 nitrogen and oxygen atoms in total. The summed E-state index contributed by atoms with van der Waals surface area (Å²) in [6, 6.07) is 8.86. The summed E-state index contributed by atoms with van der Waals surface area (Å²) >= 11 is 0. The van der Waals surface area contributed by atoms with Crippen molar-refractivity contribution < 1.29 is 14.3 Å². The number of allylic oxidation sites excluding steroid dienone is 2. The topological polar surface area (TPSA) is 43.4 Å². The minimum absolute atomic E-state index is 0.111. The molecule has 0 spiro atoms. The van der Waals surface area contributed by atoms with Gasteiger partial charge in [0.25, 0.3) is 0 Å². The van der Waals surface area contributed by atoms with Gasteiger partial charge in [0.05, 0.1) is 5.56 Å². The van der Waals surface area contributed by atoms with Crippen LogP contribution in [0.3, 0.4) is 0 Å². The summed E-state index contributed by atoms with van der Waals surface area (Å²) in [6.45, 7) is 0. The first-order chi connectivity index (χ1) is 8.74. The van der Waals surface area contributed by atoms with Crippen LogP contribution >= 0.6 is 0 Å². The van der Waals surface area contributed by atoms with Crippen LogP contribution < -0.4 is 0 Å². The Labute approximate surface area is 105 Å². The minimum Gasteiger partial charge on any atom is -0.427 e. The van der Waals surface area contributed by atoms with Crippen LogP contribution in [0.15, 0.2) is 42.2 Å². The van der Waals surface area contributed by atoms with E-state index >= 15 is 0 Å². The number of carbonyl (C=O) groups excluding carboxylic acids is 2. The van der Waals surface area contributed by atoms with E-state index in [9.17, 15) is 9.59 Å². The van der Waals surface area contributed by atoms with Crippen molar-refractivity contribution in [2.45, 2.75) is 19.3 Å². The molecule has 0 amide bonds. The molecule has 0 heterocycles. The third kappa shape index (κ3) is 1.96. The van der Waals surface area contributed by atoms with Crippen molar-refractivity contribution in [3.8, 4) is 0 Å². The molecule has 92 valence electrons. The molecule has 2 bridgehead atoms. The van der Waals surface area contributed by atoms with Crippen LogP contribution in [0, 0.1) is 11.8 Å². The third-order valence-corrected chi connectivity index (χ3v) is 3.74. The Morgan fingerprint density at radius 3 is 2.61 bits per heavy atom. The van der Waals surface area contributed by atoms with Gasteiger partial charge in [-0.05, 0) is 31.4 Å². The Bertz CT molecular complexity index is 516. The van der Waals surface area contributed by atoms with Gasteiger partial charge < -0.3 is 4.74 Å². The molecule has 0 aliphatic heterocycles. The van der Waals surface area contributed by atoms with Gasteiger partial charge in [-0.2, -0.15) is 0 Å². The molecule has 1 fully saturated rings. The average molecular weight is 242 g/mol. The van der Waals surface area contributed by atoms with Gasteiger partial charge in [0.1, 0.15) is 5.76 Å². The molecule has 1 saturated carbocycles. The SMILES string of the molecule is O=C(OC1=CC(=O)C2CCC1C2)c1ccccc1. The number of esters is 1. The highest BCUT2D eigenvalue weighted by molar-refractivity contribution is 5.95. The molecule has 2 atom stereocenters. The third-order valence-electron chi connectivity index (χ3n) is 3.74. The zero-order chi connectivity index (χ0) is 12.5. The summed E-state index contributed by atoms with van der Waals surface area (Å²) in [4.78, 5) is 23.6. The zero-order valence-electron chi connectivity index (χ0n) is 9.96. The number of hydrogen-bond donors (Lipinski definition) is 0. The van der Waals surface area contributed by atoms with E-state index < -0.39 is 0 Å². The van der Waals surface area contributed by atoms with Gasteiger partial charge in [0, 0.05) is 17.9 Å². The predicted octanol–water partition coefficient (Wildman–Crippen LogP) is 2.73. The Kier molecular flexibility index (Phi) is 2.74. The van der Waals surface area contributed by atoms with E-state index in [2.05, 4.69) is 0 Å². The summed E-state index contributed by atoms with van der Waals surface area (Å²) in [7, 11) is 0. The van der Waals surface area contributed by atoms with E-state index in [1.807, 2.05) is 6.07 Å². The zero-order valence-corrected chi connectivity index (χ0v) is 9.96. The second-order valence-corrected chi connectivity index (χ2v) is 4.91. The largest absolute Gasteiger partial charge is 0.427 e. The molecular weight excluding hydrogens is 228 g/mol. The molecule has 1 aromatic rings. The average Bonchev–Trinajstić information content (AvgIpc) is 2.83. The Balaban J connectivity index is 1.77. The van der Waals surface area contributed by atoms with Gasteiger partial charge in [0.2, 0.25) is 0 Å².